The Kier molecular flexibility index (Phi) is 6.34. The molecule has 0 aromatic rings. The Labute approximate surface area is 106 Å². The van der Waals surface area contributed by atoms with Gasteiger partial charge in [0.25, 0.3) is 0 Å². The summed E-state index contributed by atoms with van der Waals surface area (Å²) in [6, 6.07) is 0.541. The summed E-state index contributed by atoms with van der Waals surface area (Å²) in [5.74, 6) is 1.23. The number of rotatable bonds is 6. The Morgan fingerprint density at radius 1 is 1.35 bits per heavy atom. The fourth-order valence-electron chi connectivity index (χ4n) is 2.32. The second-order valence-corrected chi connectivity index (χ2v) is 5.21. The van der Waals surface area contributed by atoms with E-state index in [4.69, 9.17) is 5.73 Å². The predicted octanol–water partition coefficient (Wildman–Crippen LogP) is 1.42. The van der Waals surface area contributed by atoms with Gasteiger partial charge in [0, 0.05) is 12.6 Å². The maximum absolute atomic E-state index is 5.83. The maximum atomic E-state index is 5.83. The van der Waals surface area contributed by atoms with Gasteiger partial charge in [-0.3, -0.25) is 9.89 Å². The Hall–Kier alpha value is -0.770. The first-order valence-electron chi connectivity index (χ1n) is 6.93. The van der Waals surface area contributed by atoms with Crippen molar-refractivity contribution in [3.8, 4) is 0 Å². The van der Waals surface area contributed by atoms with E-state index in [1.807, 2.05) is 0 Å². The molecule has 4 heteroatoms. The lowest BCUT2D eigenvalue weighted by Crippen LogP contribution is -2.41. The van der Waals surface area contributed by atoms with Gasteiger partial charge >= 0.3 is 0 Å². The molecule has 17 heavy (non-hydrogen) atoms. The number of guanidine groups is 1. The minimum absolute atomic E-state index is 0.541. The zero-order valence-corrected chi connectivity index (χ0v) is 11.6. The van der Waals surface area contributed by atoms with Crippen molar-refractivity contribution in [2.45, 2.75) is 46.1 Å². The highest BCUT2D eigenvalue weighted by Crippen LogP contribution is 2.17. The lowest BCUT2D eigenvalue weighted by atomic mass is 10.0. The molecule has 1 fully saturated rings. The summed E-state index contributed by atoms with van der Waals surface area (Å²) in [4.78, 5) is 7.03. The summed E-state index contributed by atoms with van der Waals surface area (Å²) in [5, 5.41) is 3.13. The smallest absolute Gasteiger partial charge is 0.188 e. The molecule has 0 aliphatic carbocycles. The molecular formula is C13H28N4. The van der Waals surface area contributed by atoms with E-state index in [2.05, 4.69) is 36.0 Å². The van der Waals surface area contributed by atoms with Crippen molar-refractivity contribution < 1.29 is 0 Å². The number of hydrogen-bond acceptors (Lipinski definition) is 2. The van der Waals surface area contributed by atoms with Crippen LogP contribution in [0.4, 0.5) is 0 Å². The van der Waals surface area contributed by atoms with Crippen LogP contribution in [0, 0.1) is 5.92 Å². The fourth-order valence-corrected chi connectivity index (χ4v) is 2.32. The van der Waals surface area contributed by atoms with Crippen LogP contribution in [0.2, 0.25) is 0 Å². The Morgan fingerprint density at radius 3 is 2.53 bits per heavy atom. The topological polar surface area (TPSA) is 53.6 Å². The highest BCUT2D eigenvalue weighted by Gasteiger charge is 2.24. The molecule has 0 spiro atoms. The van der Waals surface area contributed by atoms with Crippen LogP contribution in [0.5, 0.6) is 0 Å². The van der Waals surface area contributed by atoms with E-state index in [-0.39, 0.29) is 0 Å². The largest absolute Gasteiger partial charge is 0.370 e. The first-order valence-corrected chi connectivity index (χ1v) is 6.93. The Balaban J connectivity index is 2.43. The molecule has 1 aliphatic rings. The van der Waals surface area contributed by atoms with Crippen LogP contribution in [0.15, 0.2) is 4.99 Å². The van der Waals surface area contributed by atoms with E-state index in [0.29, 0.717) is 17.9 Å². The monoisotopic (exact) mass is 240 g/mol. The molecule has 4 nitrogen and oxygen atoms in total. The summed E-state index contributed by atoms with van der Waals surface area (Å²) < 4.78 is 0. The third-order valence-corrected chi connectivity index (χ3v) is 3.38. The predicted molar refractivity (Wildman–Crippen MR) is 74.2 cm³/mol. The third kappa shape index (κ3) is 4.94. The van der Waals surface area contributed by atoms with E-state index < -0.39 is 0 Å². The van der Waals surface area contributed by atoms with Gasteiger partial charge in [-0.2, -0.15) is 0 Å². The molecule has 0 saturated carbocycles. The Bertz CT molecular complexity index is 232. The second-order valence-electron chi connectivity index (χ2n) is 5.21. The molecule has 0 bridgehead atoms. The molecule has 0 aromatic carbocycles. The van der Waals surface area contributed by atoms with Crippen molar-refractivity contribution in [2.75, 3.05) is 26.2 Å². The van der Waals surface area contributed by atoms with E-state index in [0.717, 1.165) is 19.5 Å². The van der Waals surface area contributed by atoms with Crippen LogP contribution in [0.1, 0.15) is 40.0 Å². The van der Waals surface area contributed by atoms with Gasteiger partial charge < -0.3 is 11.1 Å². The number of nitrogens with one attached hydrogen (secondary N) is 1. The number of likely N-dealkylation sites (tertiary alicyclic amines) is 1. The number of hydrogen-bond donors (Lipinski definition) is 2. The van der Waals surface area contributed by atoms with Crippen LogP contribution >= 0.6 is 0 Å². The van der Waals surface area contributed by atoms with Gasteiger partial charge in [-0.25, -0.2) is 0 Å². The zero-order chi connectivity index (χ0) is 12.7. The quantitative estimate of drug-likeness (QED) is 0.545. The second kappa shape index (κ2) is 7.54. The number of nitrogens with zero attached hydrogens (tertiary/aromatic N) is 2. The van der Waals surface area contributed by atoms with Gasteiger partial charge in [0.2, 0.25) is 0 Å². The minimum atomic E-state index is 0.541. The molecule has 1 aliphatic heterocycles. The van der Waals surface area contributed by atoms with Crippen molar-refractivity contribution in [2.24, 2.45) is 16.6 Å². The molecule has 0 aromatic heterocycles. The molecule has 3 N–H and O–H groups in total. The molecule has 1 atom stereocenters. The van der Waals surface area contributed by atoms with Crippen LogP contribution in [0.25, 0.3) is 0 Å². The summed E-state index contributed by atoms with van der Waals surface area (Å²) in [6.07, 6.45) is 3.74. The van der Waals surface area contributed by atoms with E-state index >= 15 is 0 Å². The molecule has 0 amide bonds. The number of nitrogens with two attached hydrogens (primary N) is 1. The average Bonchev–Trinajstić information content (AvgIpc) is 2.79. The molecule has 1 heterocycles. The van der Waals surface area contributed by atoms with Crippen LogP contribution in [-0.4, -0.2) is 43.1 Å². The van der Waals surface area contributed by atoms with E-state index in [1.54, 1.807) is 0 Å². The van der Waals surface area contributed by atoms with E-state index in [9.17, 15) is 0 Å². The van der Waals surface area contributed by atoms with E-state index in [1.165, 1.54) is 25.9 Å². The zero-order valence-electron chi connectivity index (χ0n) is 11.6. The van der Waals surface area contributed by atoms with Gasteiger partial charge in [-0.1, -0.05) is 20.8 Å². The van der Waals surface area contributed by atoms with Crippen LogP contribution in [0.3, 0.4) is 0 Å². The van der Waals surface area contributed by atoms with Gasteiger partial charge in [0.15, 0.2) is 5.96 Å². The van der Waals surface area contributed by atoms with Gasteiger partial charge in [0.1, 0.15) is 0 Å². The van der Waals surface area contributed by atoms with Gasteiger partial charge in [-0.05, 0) is 38.3 Å². The number of aliphatic imine (C=N–C) groups is 1. The first-order chi connectivity index (χ1) is 8.15. The SMILES string of the molecule is CCCNC(N)=NCC(C(C)C)N1CCCC1. The van der Waals surface area contributed by atoms with Gasteiger partial charge in [-0.15, -0.1) is 0 Å². The normalized spacial score (nSPS) is 19.9. The summed E-state index contributed by atoms with van der Waals surface area (Å²) in [6.45, 7) is 10.8. The van der Waals surface area contributed by atoms with Crippen molar-refractivity contribution in [3.63, 3.8) is 0 Å². The summed E-state index contributed by atoms with van der Waals surface area (Å²) in [7, 11) is 0. The summed E-state index contributed by atoms with van der Waals surface area (Å²) in [5.41, 5.74) is 5.83. The standard InChI is InChI=1S/C13H28N4/c1-4-7-15-13(14)16-10-12(11(2)3)17-8-5-6-9-17/h11-12H,4-10H2,1-3H3,(H3,14,15,16). The maximum Gasteiger partial charge on any atom is 0.188 e. The molecule has 1 unspecified atom stereocenters. The fraction of sp³-hybridized carbons (Fsp3) is 0.923. The van der Waals surface area contributed by atoms with Crippen LogP contribution in [-0.2, 0) is 0 Å². The lowest BCUT2D eigenvalue weighted by Gasteiger charge is -2.29. The van der Waals surface area contributed by atoms with Crippen molar-refractivity contribution in [1.82, 2.24) is 10.2 Å². The van der Waals surface area contributed by atoms with Crippen LogP contribution < -0.4 is 11.1 Å². The first kappa shape index (κ1) is 14.3. The molecule has 1 rings (SSSR count). The highest BCUT2D eigenvalue weighted by atomic mass is 15.2. The molecular weight excluding hydrogens is 212 g/mol. The Morgan fingerprint density at radius 2 is 2.00 bits per heavy atom. The summed E-state index contributed by atoms with van der Waals surface area (Å²) >= 11 is 0. The highest BCUT2D eigenvalue weighted by molar-refractivity contribution is 5.77. The molecule has 100 valence electrons. The molecule has 0 radical (unpaired) electrons. The van der Waals surface area contributed by atoms with Crippen molar-refractivity contribution >= 4 is 5.96 Å². The van der Waals surface area contributed by atoms with Gasteiger partial charge in [0.05, 0.1) is 6.54 Å². The van der Waals surface area contributed by atoms with Crippen molar-refractivity contribution in [3.05, 3.63) is 0 Å². The van der Waals surface area contributed by atoms with Crippen molar-refractivity contribution in [1.29, 1.82) is 0 Å². The molecule has 1 saturated heterocycles. The minimum Gasteiger partial charge on any atom is -0.370 e. The average molecular weight is 240 g/mol. The lowest BCUT2D eigenvalue weighted by molar-refractivity contribution is 0.197. The third-order valence-electron chi connectivity index (χ3n) is 3.38.